The van der Waals surface area contributed by atoms with E-state index in [1.165, 1.54) is 23.2 Å². The second-order valence-electron chi connectivity index (χ2n) is 7.05. The van der Waals surface area contributed by atoms with Gasteiger partial charge in [-0.05, 0) is 23.3 Å². The van der Waals surface area contributed by atoms with Gasteiger partial charge in [-0.2, -0.15) is 30.7 Å². The van der Waals surface area contributed by atoms with E-state index < -0.39 is 43.3 Å². The molecule has 0 radical (unpaired) electrons. The Morgan fingerprint density at radius 2 is 1.70 bits per heavy atom. The summed E-state index contributed by atoms with van der Waals surface area (Å²) in [5, 5.41) is 8.34. The number of hydrazone groups is 1. The van der Waals surface area contributed by atoms with E-state index in [4.69, 9.17) is 5.73 Å². The molecule has 0 saturated carbocycles. The van der Waals surface area contributed by atoms with E-state index in [9.17, 15) is 35.5 Å². The Hall–Kier alpha value is -3.35. The molecule has 1 aliphatic heterocycles. The van der Waals surface area contributed by atoms with Crippen molar-refractivity contribution in [3.63, 3.8) is 0 Å². The standard InChI is InChI=1S/C20H17F7N4O2/c21-18(22,19(23,24)20(25,26)27)11-33-10-12-5-4-8-14(9-12)31-17(13-6-2-1-3-7-13)29-16(30-31)15(28)32/h1-9,17H,10-11H2,(H2,28,32)(H,29,30). The second kappa shape index (κ2) is 8.89. The smallest absolute Gasteiger partial charge is 0.370 e. The average molecular weight is 478 g/mol. The number of primary amides is 1. The molecule has 0 aliphatic carbocycles. The van der Waals surface area contributed by atoms with Crippen molar-refractivity contribution in [2.45, 2.75) is 30.8 Å². The predicted molar refractivity (Wildman–Crippen MR) is 103 cm³/mol. The maximum absolute atomic E-state index is 13.4. The van der Waals surface area contributed by atoms with Crippen LogP contribution in [0.1, 0.15) is 17.3 Å². The lowest BCUT2D eigenvalue weighted by molar-refractivity contribution is -0.361. The second-order valence-corrected chi connectivity index (χ2v) is 7.05. The van der Waals surface area contributed by atoms with Gasteiger partial charge in [-0.3, -0.25) is 4.79 Å². The minimum atomic E-state index is -6.43. The molecule has 1 amide bonds. The van der Waals surface area contributed by atoms with Crippen LogP contribution in [0.5, 0.6) is 0 Å². The predicted octanol–water partition coefficient (Wildman–Crippen LogP) is 3.94. The molecular weight excluding hydrogens is 461 g/mol. The van der Waals surface area contributed by atoms with Gasteiger partial charge in [-0.1, -0.05) is 42.5 Å². The molecule has 2 aromatic carbocycles. The normalized spacial score (nSPS) is 17.0. The third-order valence-electron chi connectivity index (χ3n) is 4.62. The third kappa shape index (κ3) is 5.02. The highest BCUT2D eigenvalue weighted by molar-refractivity contribution is 6.38. The quantitative estimate of drug-likeness (QED) is 0.564. The summed E-state index contributed by atoms with van der Waals surface area (Å²) in [5.41, 5.74) is 6.53. The number of amidine groups is 1. The highest BCUT2D eigenvalue weighted by Crippen LogP contribution is 2.46. The number of carbonyl (C=O) groups excluding carboxylic acids is 1. The fourth-order valence-electron chi connectivity index (χ4n) is 2.96. The number of carbonyl (C=O) groups is 1. The van der Waals surface area contributed by atoms with Crippen molar-refractivity contribution in [3.05, 3.63) is 65.7 Å². The lowest BCUT2D eigenvalue weighted by Gasteiger charge is -2.28. The van der Waals surface area contributed by atoms with Gasteiger partial charge in [0.15, 0.2) is 0 Å². The van der Waals surface area contributed by atoms with E-state index in [1.807, 2.05) is 0 Å². The van der Waals surface area contributed by atoms with E-state index >= 15 is 0 Å². The number of nitrogens with two attached hydrogens (primary N) is 1. The number of halogens is 7. The molecule has 2 aromatic rings. The van der Waals surface area contributed by atoms with Gasteiger partial charge in [0.2, 0.25) is 5.84 Å². The number of ether oxygens (including phenoxy) is 1. The number of anilines is 1. The zero-order chi connectivity index (χ0) is 24.4. The monoisotopic (exact) mass is 478 g/mol. The Labute approximate surface area is 182 Å². The molecule has 1 aliphatic rings. The number of nitrogens with zero attached hydrogens (tertiary/aromatic N) is 2. The molecule has 0 fully saturated rings. The van der Waals surface area contributed by atoms with Crippen LogP contribution in [0.4, 0.5) is 36.4 Å². The third-order valence-corrected chi connectivity index (χ3v) is 4.62. The van der Waals surface area contributed by atoms with Gasteiger partial charge in [-0.25, -0.2) is 5.01 Å². The van der Waals surface area contributed by atoms with Crippen LogP contribution in [0.25, 0.3) is 0 Å². The molecule has 0 spiro atoms. The molecule has 0 aromatic heterocycles. The Bertz CT molecular complexity index is 1030. The minimum absolute atomic E-state index is 0.139. The zero-order valence-electron chi connectivity index (χ0n) is 16.6. The molecule has 13 heteroatoms. The fraction of sp³-hybridized carbons (Fsp3) is 0.300. The number of benzene rings is 2. The van der Waals surface area contributed by atoms with Crippen molar-refractivity contribution >= 4 is 17.4 Å². The lowest BCUT2D eigenvalue weighted by atomic mass is 10.1. The summed E-state index contributed by atoms with van der Waals surface area (Å²) >= 11 is 0. The SMILES string of the molecule is NC(=O)C1=NN(c2cccc(COCC(F)(F)C(F)(F)C(F)(F)F)c2)C(c2ccccc2)N1. The van der Waals surface area contributed by atoms with E-state index in [2.05, 4.69) is 15.2 Å². The van der Waals surface area contributed by atoms with Crippen LogP contribution in [0.3, 0.4) is 0 Å². The van der Waals surface area contributed by atoms with Crippen molar-refractivity contribution in [2.24, 2.45) is 10.8 Å². The van der Waals surface area contributed by atoms with Crippen molar-refractivity contribution < 1.29 is 40.3 Å². The van der Waals surface area contributed by atoms with E-state index in [0.717, 1.165) is 0 Å². The van der Waals surface area contributed by atoms with Crippen LogP contribution in [0, 0.1) is 0 Å². The number of rotatable bonds is 8. The molecule has 0 saturated heterocycles. The zero-order valence-corrected chi connectivity index (χ0v) is 16.6. The molecule has 33 heavy (non-hydrogen) atoms. The Kier molecular flexibility index (Phi) is 6.54. The highest BCUT2D eigenvalue weighted by atomic mass is 19.4. The van der Waals surface area contributed by atoms with Gasteiger partial charge in [0.1, 0.15) is 12.8 Å². The molecule has 3 rings (SSSR count). The maximum atomic E-state index is 13.4. The first kappa shape index (κ1) is 24.3. The summed E-state index contributed by atoms with van der Waals surface area (Å²) in [6.45, 7) is -2.83. The fourth-order valence-corrected chi connectivity index (χ4v) is 2.96. The molecule has 1 unspecified atom stereocenters. The Morgan fingerprint density at radius 1 is 1.03 bits per heavy atom. The number of hydrogen-bond donors (Lipinski definition) is 2. The van der Waals surface area contributed by atoms with Crippen molar-refractivity contribution in [3.8, 4) is 0 Å². The molecule has 3 N–H and O–H groups in total. The summed E-state index contributed by atoms with van der Waals surface area (Å²) in [6, 6.07) is 14.6. The highest BCUT2D eigenvalue weighted by Gasteiger charge is 2.72. The summed E-state index contributed by atoms with van der Waals surface area (Å²) < 4.78 is 94.0. The molecule has 1 heterocycles. The first-order valence-corrected chi connectivity index (χ1v) is 9.31. The minimum Gasteiger partial charge on any atom is -0.370 e. The van der Waals surface area contributed by atoms with Crippen LogP contribution in [0.15, 0.2) is 59.7 Å². The topological polar surface area (TPSA) is 80.0 Å². The maximum Gasteiger partial charge on any atom is 0.459 e. The van der Waals surface area contributed by atoms with Gasteiger partial charge in [-0.15, -0.1) is 5.10 Å². The molecule has 1 atom stereocenters. The average Bonchev–Trinajstić information content (AvgIpc) is 3.19. The van der Waals surface area contributed by atoms with Crippen LogP contribution in [-0.2, 0) is 16.1 Å². The van der Waals surface area contributed by atoms with Crippen LogP contribution in [-0.4, -0.2) is 36.4 Å². The van der Waals surface area contributed by atoms with Gasteiger partial charge in [0, 0.05) is 0 Å². The Morgan fingerprint density at radius 3 is 2.30 bits per heavy atom. The van der Waals surface area contributed by atoms with E-state index in [-0.39, 0.29) is 11.4 Å². The van der Waals surface area contributed by atoms with E-state index in [0.29, 0.717) is 11.3 Å². The number of amides is 1. The summed E-state index contributed by atoms with van der Waals surface area (Å²) in [6.07, 6.45) is -7.08. The van der Waals surface area contributed by atoms with Crippen molar-refractivity contribution in [1.82, 2.24) is 5.32 Å². The Balaban J connectivity index is 1.76. The summed E-state index contributed by atoms with van der Waals surface area (Å²) in [5.74, 6) is -12.7. The molecule has 6 nitrogen and oxygen atoms in total. The van der Waals surface area contributed by atoms with Crippen LogP contribution >= 0.6 is 0 Å². The van der Waals surface area contributed by atoms with Crippen molar-refractivity contribution in [1.29, 1.82) is 0 Å². The van der Waals surface area contributed by atoms with Crippen molar-refractivity contribution in [2.75, 3.05) is 11.6 Å². The van der Waals surface area contributed by atoms with Gasteiger partial charge < -0.3 is 15.8 Å². The van der Waals surface area contributed by atoms with Crippen LogP contribution in [0.2, 0.25) is 0 Å². The molecule has 0 bridgehead atoms. The lowest BCUT2D eigenvalue weighted by Crippen LogP contribution is -2.54. The van der Waals surface area contributed by atoms with Gasteiger partial charge in [0.05, 0.1) is 12.3 Å². The first-order valence-electron chi connectivity index (χ1n) is 9.31. The largest absolute Gasteiger partial charge is 0.459 e. The number of hydrogen-bond acceptors (Lipinski definition) is 5. The van der Waals surface area contributed by atoms with E-state index in [1.54, 1.807) is 36.4 Å². The van der Waals surface area contributed by atoms with Gasteiger partial charge in [0.25, 0.3) is 5.91 Å². The molecule has 178 valence electrons. The number of nitrogens with one attached hydrogen (secondary N) is 1. The van der Waals surface area contributed by atoms with Gasteiger partial charge >= 0.3 is 18.0 Å². The summed E-state index contributed by atoms with van der Waals surface area (Å²) in [7, 11) is 0. The molecular formula is C20H17F7N4O2. The number of alkyl halides is 7. The first-order chi connectivity index (χ1) is 15.3. The summed E-state index contributed by atoms with van der Waals surface area (Å²) in [4.78, 5) is 11.6. The van der Waals surface area contributed by atoms with Crippen LogP contribution < -0.4 is 16.1 Å².